The van der Waals surface area contributed by atoms with E-state index in [9.17, 15) is 9.59 Å². The monoisotopic (exact) mass is 346 g/mol. The standard InChI is InChI=1S/C18H19ClN2O3/c1-12-4-3-5-13(10-12)18(23)21-16-11-14(6-7-15(16)19)17(22)20-8-9-24-2/h3-7,10-11H,8-9H2,1-2H3,(H,20,22)(H,21,23). The Labute approximate surface area is 146 Å². The van der Waals surface area contributed by atoms with Crippen molar-refractivity contribution in [1.29, 1.82) is 0 Å². The van der Waals surface area contributed by atoms with Gasteiger partial charge in [-0.1, -0.05) is 29.3 Å². The van der Waals surface area contributed by atoms with Crippen molar-refractivity contribution in [1.82, 2.24) is 5.32 Å². The molecule has 0 radical (unpaired) electrons. The normalized spacial score (nSPS) is 10.3. The van der Waals surface area contributed by atoms with E-state index in [0.29, 0.717) is 35.0 Å². The molecule has 2 aromatic carbocycles. The second-order valence-corrected chi connectivity index (χ2v) is 5.67. The van der Waals surface area contributed by atoms with Crippen molar-refractivity contribution < 1.29 is 14.3 Å². The summed E-state index contributed by atoms with van der Waals surface area (Å²) in [5, 5.41) is 5.83. The van der Waals surface area contributed by atoms with E-state index in [1.165, 1.54) is 0 Å². The number of carbonyl (C=O) groups is 2. The largest absolute Gasteiger partial charge is 0.383 e. The molecule has 2 N–H and O–H groups in total. The van der Waals surface area contributed by atoms with Crippen LogP contribution < -0.4 is 10.6 Å². The third-order valence-corrected chi connectivity index (χ3v) is 3.68. The second-order valence-electron chi connectivity index (χ2n) is 5.27. The molecule has 0 aliphatic carbocycles. The highest BCUT2D eigenvalue weighted by molar-refractivity contribution is 6.34. The summed E-state index contributed by atoms with van der Waals surface area (Å²) in [6.45, 7) is 2.74. The zero-order chi connectivity index (χ0) is 17.5. The molecule has 0 aromatic heterocycles. The molecule has 0 aliphatic heterocycles. The number of hydrogen-bond acceptors (Lipinski definition) is 3. The van der Waals surface area contributed by atoms with Gasteiger partial charge in [0.2, 0.25) is 0 Å². The number of carbonyl (C=O) groups excluding carboxylic acids is 2. The summed E-state index contributed by atoms with van der Waals surface area (Å²) in [6, 6.07) is 12.0. The molecular formula is C18H19ClN2O3. The van der Waals surface area contributed by atoms with E-state index in [1.54, 1.807) is 37.4 Å². The molecule has 126 valence electrons. The van der Waals surface area contributed by atoms with Crippen LogP contribution in [0.4, 0.5) is 5.69 Å². The number of nitrogens with one attached hydrogen (secondary N) is 2. The van der Waals surface area contributed by atoms with Crippen LogP contribution in [-0.2, 0) is 4.74 Å². The van der Waals surface area contributed by atoms with E-state index < -0.39 is 0 Å². The maximum atomic E-state index is 12.3. The number of hydrogen-bond donors (Lipinski definition) is 2. The van der Waals surface area contributed by atoms with Gasteiger partial charge in [-0.3, -0.25) is 9.59 Å². The lowest BCUT2D eigenvalue weighted by molar-refractivity contribution is 0.0936. The maximum Gasteiger partial charge on any atom is 0.255 e. The summed E-state index contributed by atoms with van der Waals surface area (Å²) >= 11 is 6.12. The molecule has 2 aromatic rings. The fourth-order valence-corrected chi connectivity index (χ4v) is 2.28. The fraction of sp³-hybridized carbons (Fsp3) is 0.222. The molecule has 0 heterocycles. The summed E-state index contributed by atoms with van der Waals surface area (Å²) < 4.78 is 4.89. The highest BCUT2D eigenvalue weighted by Gasteiger charge is 2.12. The zero-order valence-electron chi connectivity index (χ0n) is 13.6. The van der Waals surface area contributed by atoms with E-state index in [0.717, 1.165) is 5.56 Å². The summed E-state index contributed by atoms with van der Waals surface area (Å²) in [6.07, 6.45) is 0. The molecule has 0 bridgehead atoms. The number of rotatable bonds is 6. The van der Waals surface area contributed by atoms with Gasteiger partial charge in [0.15, 0.2) is 0 Å². The molecule has 0 fully saturated rings. The van der Waals surface area contributed by atoms with Gasteiger partial charge in [-0.25, -0.2) is 0 Å². The van der Waals surface area contributed by atoms with Crippen LogP contribution in [0.1, 0.15) is 26.3 Å². The number of aryl methyl sites for hydroxylation is 1. The number of halogens is 1. The Morgan fingerprint density at radius 1 is 1.08 bits per heavy atom. The predicted molar refractivity (Wildman–Crippen MR) is 94.8 cm³/mol. The number of methoxy groups -OCH3 is 1. The molecule has 2 rings (SSSR count). The molecule has 0 saturated heterocycles. The van der Waals surface area contributed by atoms with Crippen molar-refractivity contribution in [2.45, 2.75) is 6.92 Å². The Morgan fingerprint density at radius 3 is 2.54 bits per heavy atom. The topological polar surface area (TPSA) is 67.4 Å². The number of anilines is 1. The average molecular weight is 347 g/mol. The molecule has 0 aliphatic rings. The second kappa shape index (κ2) is 8.47. The minimum absolute atomic E-state index is 0.255. The Balaban J connectivity index is 2.13. The van der Waals surface area contributed by atoms with Gasteiger partial charge in [-0.05, 0) is 37.3 Å². The molecule has 0 unspecified atom stereocenters. The molecule has 6 heteroatoms. The van der Waals surface area contributed by atoms with Crippen LogP contribution >= 0.6 is 11.6 Å². The summed E-state index contributed by atoms with van der Waals surface area (Å²) in [7, 11) is 1.56. The quantitative estimate of drug-likeness (QED) is 0.789. The van der Waals surface area contributed by atoms with E-state index in [1.807, 2.05) is 19.1 Å². The van der Waals surface area contributed by atoms with Crippen molar-refractivity contribution in [3.63, 3.8) is 0 Å². The average Bonchev–Trinajstić information content (AvgIpc) is 2.57. The minimum atomic E-state index is -0.280. The van der Waals surface area contributed by atoms with Gasteiger partial charge in [-0.2, -0.15) is 0 Å². The zero-order valence-corrected chi connectivity index (χ0v) is 14.3. The Morgan fingerprint density at radius 2 is 1.83 bits per heavy atom. The fourth-order valence-electron chi connectivity index (χ4n) is 2.11. The summed E-state index contributed by atoms with van der Waals surface area (Å²) in [5.41, 5.74) is 2.32. The van der Waals surface area contributed by atoms with Crippen molar-refractivity contribution in [3.8, 4) is 0 Å². The third kappa shape index (κ3) is 4.81. The molecule has 2 amide bonds. The van der Waals surface area contributed by atoms with E-state index in [-0.39, 0.29) is 11.8 Å². The molecular weight excluding hydrogens is 328 g/mol. The number of amides is 2. The van der Waals surface area contributed by atoms with E-state index >= 15 is 0 Å². The first-order valence-corrected chi connectivity index (χ1v) is 7.84. The highest BCUT2D eigenvalue weighted by atomic mass is 35.5. The van der Waals surface area contributed by atoms with Crippen molar-refractivity contribution in [3.05, 3.63) is 64.2 Å². The van der Waals surface area contributed by atoms with Crippen LogP contribution in [-0.4, -0.2) is 32.1 Å². The summed E-state index contributed by atoms with van der Waals surface area (Å²) in [4.78, 5) is 24.4. The SMILES string of the molecule is COCCNC(=O)c1ccc(Cl)c(NC(=O)c2cccc(C)c2)c1. The first-order chi connectivity index (χ1) is 11.5. The van der Waals surface area contributed by atoms with Gasteiger partial charge in [0.05, 0.1) is 17.3 Å². The van der Waals surface area contributed by atoms with Crippen LogP contribution in [0.2, 0.25) is 5.02 Å². The first kappa shape index (κ1) is 18.0. The van der Waals surface area contributed by atoms with Crippen LogP contribution in [0.5, 0.6) is 0 Å². The maximum absolute atomic E-state index is 12.3. The van der Waals surface area contributed by atoms with Gasteiger partial charge >= 0.3 is 0 Å². The first-order valence-electron chi connectivity index (χ1n) is 7.46. The lowest BCUT2D eigenvalue weighted by atomic mass is 10.1. The van der Waals surface area contributed by atoms with Gasteiger partial charge in [0.1, 0.15) is 0 Å². The van der Waals surface area contributed by atoms with Crippen LogP contribution in [0.3, 0.4) is 0 Å². The Bertz CT molecular complexity index is 747. The minimum Gasteiger partial charge on any atom is -0.383 e. The van der Waals surface area contributed by atoms with Crippen molar-refractivity contribution >= 4 is 29.1 Å². The van der Waals surface area contributed by atoms with E-state index in [2.05, 4.69) is 10.6 Å². The van der Waals surface area contributed by atoms with Gasteiger partial charge < -0.3 is 15.4 Å². The lowest BCUT2D eigenvalue weighted by Crippen LogP contribution is -2.27. The molecule has 5 nitrogen and oxygen atoms in total. The number of benzene rings is 2. The predicted octanol–water partition coefficient (Wildman–Crippen LogP) is 3.28. The van der Waals surface area contributed by atoms with Crippen LogP contribution in [0, 0.1) is 6.92 Å². The Kier molecular flexibility index (Phi) is 6.35. The number of ether oxygens (including phenoxy) is 1. The van der Waals surface area contributed by atoms with Crippen LogP contribution in [0.15, 0.2) is 42.5 Å². The highest BCUT2D eigenvalue weighted by Crippen LogP contribution is 2.24. The molecule has 0 atom stereocenters. The third-order valence-electron chi connectivity index (χ3n) is 3.35. The van der Waals surface area contributed by atoms with Gasteiger partial charge in [-0.15, -0.1) is 0 Å². The van der Waals surface area contributed by atoms with Crippen molar-refractivity contribution in [2.75, 3.05) is 25.6 Å². The lowest BCUT2D eigenvalue weighted by Gasteiger charge is -2.10. The Hall–Kier alpha value is -2.37. The summed E-state index contributed by atoms with van der Waals surface area (Å²) in [5.74, 6) is -0.535. The smallest absolute Gasteiger partial charge is 0.255 e. The molecule has 0 spiro atoms. The van der Waals surface area contributed by atoms with Crippen molar-refractivity contribution in [2.24, 2.45) is 0 Å². The van der Waals surface area contributed by atoms with Gasteiger partial charge in [0.25, 0.3) is 11.8 Å². The van der Waals surface area contributed by atoms with Gasteiger partial charge in [0, 0.05) is 24.8 Å². The van der Waals surface area contributed by atoms with E-state index in [4.69, 9.17) is 16.3 Å². The molecule has 0 saturated carbocycles. The molecule has 24 heavy (non-hydrogen) atoms. The van der Waals surface area contributed by atoms with Crippen LogP contribution in [0.25, 0.3) is 0 Å².